The zero-order valence-electron chi connectivity index (χ0n) is 30.9. The maximum atomic E-state index is 6.65. The van der Waals surface area contributed by atoms with E-state index in [1.165, 1.54) is 43.2 Å². The Morgan fingerprint density at radius 2 is 1.54 bits per heavy atom. The third-order valence-electron chi connectivity index (χ3n) is 10.5. The minimum Gasteiger partial charge on any atom is -0.518 e. The number of hydrogen-bond donors (Lipinski definition) is 0. The Balaban J connectivity index is 0.00000420. The molecular formula is C45H46N4O2Pt. The number of nitrogens with zero attached hydrogens (tertiary/aromatic N) is 4. The van der Waals surface area contributed by atoms with Crippen LogP contribution in [0.1, 0.15) is 90.3 Å². The summed E-state index contributed by atoms with van der Waals surface area (Å²) in [6.07, 6.45) is 10.0. The maximum absolute atomic E-state index is 6.65. The number of rotatable bonds is 6. The molecule has 0 bridgehead atoms. The van der Waals surface area contributed by atoms with Crippen molar-refractivity contribution in [3.63, 3.8) is 0 Å². The van der Waals surface area contributed by atoms with Gasteiger partial charge in [-0.3, -0.25) is 9.98 Å². The molecule has 52 heavy (non-hydrogen) atoms. The van der Waals surface area contributed by atoms with Crippen LogP contribution in [-0.4, -0.2) is 33.1 Å². The molecule has 0 saturated heterocycles. The topological polar surface area (TPSA) is 61.5 Å². The van der Waals surface area contributed by atoms with Gasteiger partial charge in [0.25, 0.3) is 0 Å². The average Bonchev–Trinajstić information content (AvgIpc) is 3.75. The van der Waals surface area contributed by atoms with Crippen LogP contribution < -0.4 is 4.74 Å². The Morgan fingerprint density at radius 3 is 2.29 bits per heavy atom. The standard InChI is InChI=1S/C45H46N4O2.Pt/c1-44(2,3)32-15-18-40-37(25-32)36-17-16-34(27-41(36)49(40)42-26-33(19-21-47-42)45(4,5)6)51-35-23-30(38-14-10-11-20-46-38)22-31(24-35)43-48-39(28-50-43)29-12-8-7-9-13-29;/h10-11,14-23,25-26,29,39H,7-9,12-13,28H2,1-6H3;/q-2;+2/t39-;/m0./s1. The third kappa shape index (κ3) is 7.20. The second kappa shape index (κ2) is 14.3. The summed E-state index contributed by atoms with van der Waals surface area (Å²) in [6, 6.07) is 32.5. The van der Waals surface area contributed by atoms with Gasteiger partial charge in [0, 0.05) is 29.4 Å². The van der Waals surface area contributed by atoms with Gasteiger partial charge in [-0.05, 0) is 76.4 Å². The quantitative estimate of drug-likeness (QED) is 0.157. The summed E-state index contributed by atoms with van der Waals surface area (Å²) in [5.41, 5.74) is 7.02. The molecule has 1 aliphatic carbocycles. The summed E-state index contributed by atoms with van der Waals surface area (Å²) >= 11 is 0. The predicted molar refractivity (Wildman–Crippen MR) is 206 cm³/mol. The average molecular weight is 870 g/mol. The Morgan fingerprint density at radius 1 is 0.750 bits per heavy atom. The van der Waals surface area contributed by atoms with E-state index in [0.717, 1.165) is 44.4 Å². The molecule has 7 heteroatoms. The number of hydrogen-bond acceptors (Lipinski definition) is 5. The van der Waals surface area contributed by atoms with Crippen molar-refractivity contribution in [1.82, 2.24) is 14.5 Å². The van der Waals surface area contributed by atoms with Crippen LogP contribution in [0.15, 0.2) is 90.2 Å². The van der Waals surface area contributed by atoms with Gasteiger partial charge in [-0.25, -0.2) is 4.98 Å². The van der Waals surface area contributed by atoms with Crippen LogP contribution in [0.2, 0.25) is 0 Å². The number of aromatic nitrogens is 3. The van der Waals surface area contributed by atoms with Crippen LogP contribution in [0, 0.1) is 18.1 Å². The predicted octanol–water partition coefficient (Wildman–Crippen LogP) is 11.0. The van der Waals surface area contributed by atoms with E-state index >= 15 is 0 Å². The van der Waals surface area contributed by atoms with E-state index in [-0.39, 0.29) is 37.9 Å². The van der Waals surface area contributed by atoms with Crippen molar-refractivity contribution in [3.05, 3.63) is 114 Å². The molecule has 0 unspecified atom stereocenters. The minimum atomic E-state index is -0.0240. The van der Waals surface area contributed by atoms with Gasteiger partial charge < -0.3 is 14.0 Å². The van der Waals surface area contributed by atoms with Crippen molar-refractivity contribution in [2.75, 3.05) is 6.61 Å². The van der Waals surface area contributed by atoms with E-state index in [9.17, 15) is 0 Å². The van der Waals surface area contributed by atoms with Crippen LogP contribution in [-0.2, 0) is 36.6 Å². The summed E-state index contributed by atoms with van der Waals surface area (Å²) in [5, 5.41) is 2.26. The molecule has 0 radical (unpaired) electrons. The van der Waals surface area contributed by atoms with Crippen molar-refractivity contribution < 1.29 is 30.5 Å². The normalized spacial score (nSPS) is 16.8. The van der Waals surface area contributed by atoms with Crippen LogP contribution >= 0.6 is 0 Å². The van der Waals surface area contributed by atoms with E-state index in [2.05, 4.69) is 106 Å². The fourth-order valence-electron chi connectivity index (χ4n) is 7.51. The van der Waals surface area contributed by atoms with Crippen LogP contribution in [0.4, 0.5) is 0 Å². The van der Waals surface area contributed by atoms with Crippen molar-refractivity contribution >= 4 is 27.7 Å². The van der Waals surface area contributed by atoms with Crippen molar-refractivity contribution in [1.29, 1.82) is 0 Å². The first kappa shape index (κ1) is 36.1. The van der Waals surface area contributed by atoms with Gasteiger partial charge in [-0.1, -0.05) is 108 Å². The zero-order chi connectivity index (χ0) is 35.3. The van der Waals surface area contributed by atoms with Gasteiger partial charge in [0.2, 0.25) is 0 Å². The first-order valence-electron chi connectivity index (χ1n) is 18.4. The van der Waals surface area contributed by atoms with Crippen LogP contribution in [0.3, 0.4) is 0 Å². The summed E-state index contributed by atoms with van der Waals surface area (Å²) in [5.74, 6) is 3.21. The molecule has 3 aromatic carbocycles. The van der Waals surface area contributed by atoms with Gasteiger partial charge in [-0.2, -0.15) is 6.07 Å². The second-order valence-corrected chi connectivity index (χ2v) is 16.2. The van der Waals surface area contributed by atoms with E-state index in [1.807, 2.05) is 42.7 Å². The van der Waals surface area contributed by atoms with Gasteiger partial charge >= 0.3 is 21.1 Å². The zero-order valence-corrected chi connectivity index (χ0v) is 33.2. The molecule has 6 aromatic rings. The van der Waals surface area contributed by atoms with Gasteiger partial charge in [0.05, 0.1) is 18.3 Å². The molecule has 1 atom stereocenters. The van der Waals surface area contributed by atoms with Gasteiger partial charge in [-0.15, -0.1) is 23.6 Å². The monoisotopic (exact) mass is 869 g/mol. The first-order valence-corrected chi connectivity index (χ1v) is 18.4. The molecule has 3 aromatic heterocycles. The number of ether oxygens (including phenoxy) is 2. The minimum absolute atomic E-state index is 0. The molecule has 0 N–H and O–H groups in total. The number of fused-ring (bicyclic) bond motifs is 3. The molecule has 0 amide bonds. The largest absolute Gasteiger partial charge is 2.00 e. The molecule has 2 aliphatic rings. The Kier molecular flexibility index (Phi) is 9.91. The fraction of sp³-hybridized carbons (Fsp3) is 0.356. The molecule has 6 nitrogen and oxygen atoms in total. The summed E-state index contributed by atoms with van der Waals surface area (Å²) in [4.78, 5) is 14.6. The third-order valence-corrected chi connectivity index (χ3v) is 10.5. The first-order chi connectivity index (χ1) is 24.5. The van der Waals surface area contributed by atoms with E-state index in [1.54, 1.807) is 0 Å². The molecule has 4 heterocycles. The number of aliphatic imine (C=N–C) groups is 1. The molecule has 268 valence electrons. The smallest absolute Gasteiger partial charge is 0.518 e. The van der Waals surface area contributed by atoms with E-state index in [0.29, 0.717) is 29.9 Å². The summed E-state index contributed by atoms with van der Waals surface area (Å²) in [7, 11) is 0. The molecule has 1 fully saturated rings. The van der Waals surface area contributed by atoms with Crippen molar-refractivity contribution in [2.45, 2.75) is 90.5 Å². The van der Waals surface area contributed by atoms with Gasteiger partial charge in [0.15, 0.2) is 0 Å². The van der Waals surface area contributed by atoms with Crippen LogP contribution in [0.25, 0.3) is 38.9 Å². The molecular weight excluding hydrogens is 824 g/mol. The second-order valence-electron chi connectivity index (χ2n) is 16.2. The Labute approximate surface area is 322 Å². The number of pyridine rings is 2. The molecule has 0 spiro atoms. The Hall–Kier alpha value is -4.28. The molecule has 8 rings (SSSR count). The van der Waals surface area contributed by atoms with Crippen molar-refractivity contribution in [2.24, 2.45) is 10.9 Å². The van der Waals surface area contributed by atoms with E-state index < -0.39 is 0 Å². The molecule has 1 saturated carbocycles. The van der Waals surface area contributed by atoms with Gasteiger partial charge in [0.1, 0.15) is 11.7 Å². The number of benzene rings is 3. The SMILES string of the molecule is CC(C)(C)c1ccnc(-n2c3[c-]c(Oc4[c-]c(C5=N[C@H](C6CCCCC6)CO5)cc(-c5ccccn5)c4)ccc3c3cc(C(C)(C)C)ccc32)c1.[Pt+2]. The van der Waals surface area contributed by atoms with Crippen molar-refractivity contribution in [3.8, 4) is 28.6 Å². The van der Waals surface area contributed by atoms with E-state index in [4.69, 9.17) is 19.5 Å². The summed E-state index contributed by atoms with van der Waals surface area (Å²) in [6.45, 7) is 14.1. The summed E-state index contributed by atoms with van der Waals surface area (Å²) < 4.78 is 15.1. The Bertz CT molecular complexity index is 2260. The fourth-order valence-corrected chi connectivity index (χ4v) is 7.51. The molecule has 1 aliphatic heterocycles. The van der Waals surface area contributed by atoms with Crippen LogP contribution in [0.5, 0.6) is 11.5 Å². The maximum Gasteiger partial charge on any atom is 2.00 e.